The van der Waals surface area contributed by atoms with Gasteiger partial charge in [0.25, 0.3) is 6.33 Å². The summed E-state index contributed by atoms with van der Waals surface area (Å²) in [6.07, 6.45) is 5.35. The van der Waals surface area contributed by atoms with E-state index in [9.17, 15) is 0 Å². The van der Waals surface area contributed by atoms with Crippen LogP contribution in [0.15, 0.2) is 243 Å². The fraction of sp³-hybridized carbons (Fsp3) is 0.0571. The second-order valence-electron chi connectivity index (χ2n) is 20.4. The quantitative estimate of drug-likeness (QED) is 0.0818. The van der Waals surface area contributed by atoms with Crippen LogP contribution in [0.1, 0.15) is 40.0 Å². The van der Waals surface area contributed by atoms with Crippen LogP contribution in [0.5, 0.6) is 11.5 Å². The van der Waals surface area contributed by atoms with Crippen LogP contribution in [0.4, 0.5) is 51.3 Å². The van der Waals surface area contributed by atoms with Crippen LogP contribution >= 0.6 is 0 Å². The Morgan fingerprint density at radius 1 is 0.532 bits per heavy atom. The van der Waals surface area contributed by atoms with Gasteiger partial charge in [-0.05, 0) is 111 Å². The summed E-state index contributed by atoms with van der Waals surface area (Å²) in [7, 11) is 0. The van der Waals surface area contributed by atoms with Gasteiger partial charge >= 0.3 is 0 Å². The minimum absolute atomic E-state index is 0. The van der Waals surface area contributed by atoms with Crippen molar-refractivity contribution in [2.75, 3.05) is 14.7 Å². The first kappa shape index (κ1) is 38.3. The minimum atomic E-state index is -0.579. The number of benzene rings is 10. The fourth-order valence-electron chi connectivity index (χ4n) is 11.6. The molecule has 0 saturated carbocycles. The molecule has 0 saturated heterocycles. The van der Waals surface area contributed by atoms with Gasteiger partial charge in [0.2, 0.25) is 0 Å². The van der Waals surface area contributed by atoms with Crippen molar-refractivity contribution in [2.45, 2.75) is 26.2 Å². The molecule has 0 amide bonds. The zero-order valence-electron chi connectivity index (χ0n) is 52.8. The van der Waals surface area contributed by atoms with E-state index in [1.165, 1.54) is 0 Å². The molecule has 0 atom stereocenters. The fourth-order valence-corrected chi connectivity index (χ4v) is 11.6. The van der Waals surface area contributed by atoms with Gasteiger partial charge in [-0.2, -0.15) is 12.1 Å². The van der Waals surface area contributed by atoms with Gasteiger partial charge in [0.1, 0.15) is 5.82 Å². The van der Waals surface area contributed by atoms with Crippen LogP contribution in [-0.4, -0.2) is 16.3 Å². The molecule has 9 heteroatoms. The predicted octanol–water partition coefficient (Wildman–Crippen LogP) is 15.0. The van der Waals surface area contributed by atoms with Gasteiger partial charge in [-0.3, -0.25) is 4.57 Å². The van der Waals surface area contributed by atoms with Crippen LogP contribution in [0.2, 0.25) is 0 Å². The Kier molecular flexibility index (Phi) is 9.25. The molecule has 3 aliphatic heterocycles. The van der Waals surface area contributed by atoms with Crippen molar-refractivity contribution in [1.29, 1.82) is 0 Å². The number of ether oxygens (including phenoxy) is 1. The molecule has 0 bridgehead atoms. The van der Waals surface area contributed by atoms with E-state index in [-0.39, 0.29) is 61.1 Å². The summed E-state index contributed by atoms with van der Waals surface area (Å²) >= 11 is 0. The second kappa shape index (κ2) is 19.0. The molecule has 79 heavy (non-hydrogen) atoms. The van der Waals surface area contributed by atoms with Crippen molar-refractivity contribution in [2.24, 2.45) is 0 Å². The Balaban J connectivity index is 0.00000694. The Hall–Kier alpha value is -9.23. The van der Waals surface area contributed by atoms with Gasteiger partial charge in [-0.25, -0.2) is 4.98 Å². The minimum Gasteiger partial charge on any atom is -0.510 e. The van der Waals surface area contributed by atoms with E-state index in [2.05, 4.69) is 145 Å². The topological polar surface area (TPSA) is 40.7 Å². The number of pyridine rings is 1. The maximum atomic E-state index is 9.16. The average molecular weight is 1210 g/mol. The van der Waals surface area contributed by atoms with Gasteiger partial charge in [0.15, 0.2) is 6.71 Å². The molecule has 5 heterocycles. The number of para-hydroxylation sites is 5. The number of rotatable bonds is 9. The van der Waals surface area contributed by atoms with Gasteiger partial charge in [0.05, 0.1) is 30.4 Å². The van der Waals surface area contributed by atoms with Crippen molar-refractivity contribution >= 4 is 85.5 Å². The predicted molar refractivity (Wildman–Crippen MR) is 317 cm³/mol. The molecule has 2 aromatic heterocycles. The maximum absolute atomic E-state index is 9.16. The largest absolute Gasteiger partial charge is 0.510 e. The summed E-state index contributed by atoms with van der Waals surface area (Å²) in [5.41, 5.74) is 13.7. The molecular formula is C70H49BN6OPt-2. The number of anilines is 9. The third-order valence-electron chi connectivity index (χ3n) is 14.9. The molecule has 3 aliphatic rings. The Morgan fingerprint density at radius 2 is 1.09 bits per heavy atom. The molecule has 0 radical (unpaired) electrons. The first-order chi connectivity index (χ1) is 42.5. The number of aromatic nitrogens is 3. The summed E-state index contributed by atoms with van der Waals surface area (Å²) in [4.78, 5) is 12.1. The Morgan fingerprint density at radius 3 is 1.71 bits per heavy atom. The molecule has 7 nitrogen and oxygen atoms in total. The van der Waals surface area contributed by atoms with E-state index in [1.54, 1.807) is 27.3 Å². The van der Waals surface area contributed by atoms with E-state index in [0.717, 1.165) is 73.3 Å². The molecule has 12 aromatic rings. The molecule has 15 rings (SSSR count). The molecule has 0 unspecified atom stereocenters. The third-order valence-corrected chi connectivity index (χ3v) is 14.9. The van der Waals surface area contributed by atoms with Crippen LogP contribution in [0.3, 0.4) is 0 Å². The van der Waals surface area contributed by atoms with Gasteiger partial charge in [-0.1, -0.05) is 184 Å². The van der Waals surface area contributed by atoms with Crippen LogP contribution in [0.25, 0.3) is 44.7 Å². The number of fused-ring (bicyclic) bond motifs is 1. The smallest absolute Gasteiger partial charge is 0.268 e. The van der Waals surface area contributed by atoms with E-state index >= 15 is 0 Å². The Labute approximate surface area is 489 Å². The van der Waals surface area contributed by atoms with Gasteiger partial charge < -0.3 is 24.0 Å². The van der Waals surface area contributed by atoms with Crippen molar-refractivity contribution in [3.8, 4) is 45.1 Å². The van der Waals surface area contributed by atoms with Gasteiger partial charge in [-0.15, -0.1) is 29.7 Å². The van der Waals surface area contributed by atoms with E-state index in [0.29, 0.717) is 28.2 Å². The van der Waals surface area contributed by atoms with Crippen molar-refractivity contribution in [3.05, 3.63) is 267 Å². The molecule has 380 valence electrons. The number of imidazole rings is 1. The van der Waals surface area contributed by atoms with Crippen LogP contribution < -0.4 is 40.4 Å². The molecule has 10 aromatic carbocycles. The van der Waals surface area contributed by atoms with Crippen LogP contribution in [-0.2, 0) is 26.5 Å². The van der Waals surface area contributed by atoms with Crippen molar-refractivity contribution in [1.82, 2.24) is 9.55 Å². The number of hydrogen-bond acceptors (Lipinski definition) is 5. The molecule has 0 aliphatic carbocycles. The monoisotopic (exact) mass is 1210 g/mol. The first-order valence-electron chi connectivity index (χ1n) is 30.8. The van der Waals surface area contributed by atoms with Crippen LogP contribution in [0, 0.1) is 18.5 Å². The summed E-state index contributed by atoms with van der Waals surface area (Å²) in [6.45, 7) is 6.37. The van der Waals surface area contributed by atoms with Crippen molar-refractivity contribution in [3.63, 3.8) is 0 Å². The molecule has 0 spiro atoms. The maximum Gasteiger partial charge on any atom is 0.268 e. The third kappa shape index (κ3) is 7.84. The number of hydrogen-bond donors (Lipinski definition) is 0. The molecule has 0 fully saturated rings. The van der Waals surface area contributed by atoms with E-state index in [4.69, 9.17) is 23.4 Å². The van der Waals surface area contributed by atoms with E-state index < -0.39 is 60.4 Å². The normalized spacial score (nSPS) is 14.6. The summed E-state index contributed by atoms with van der Waals surface area (Å²) in [5, 5.41) is 0. The Bertz CT molecular complexity index is 4800. The zero-order chi connectivity index (χ0) is 60.8. The summed E-state index contributed by atoms with van der Waals surface area (Å²) in [5.74, 6) is 1.45. The van der Waals surface area contributed by atoms with Gasteiger partial charge in [0, 0.05) is 72.9 Å². The first-order valence-corrected chi connectivity index (χ1v) is 25.8. The zero-order valence-corrected chi connectivity index (χ0v) is 45.1. The summed E-state index contributed by atoms with van der Waals surface area (Å²) in [6, 6.07) is 59.8. The standard InChI is InChI=1S/C70H49BN6O.Pt/c1-70(2,3)49-40-41-72-65(42-49)77-62-39-21-37-60-67(62)71-66-59(75(60)50-26-12-6-13-27-50)36-20-38-61(66)76(51-28-14-7-15-29-51)63-44-54(45-64(77)68(63)71)78-53-31-18-30-52(43-53)73-46-74(58-35-17-16-34-57(58)73)69-55(47-22-8-4-9-23-47)32-19-33-56(69)48-24-10-5-11-25-48;/h4-42,44H,1-3H3;/q-2;/i4D,5D,8D,9D,10D,11D,22D,23D,24D,25D;. The van der Waals surface area contributed by atoms with Crippen molar-refractivity contribution < 1.29 is 44.1 Å². The second-order valence-corrected chi connectivity index (χ2v) is 20.4. The molecule has 0 N–H and O–H groups in total. The average Bonchev–Trinajstić information content (AvgIpc) is 1.07. The molecular weight excluding hydrogens is 1150 g/mol. The van der Waals surface area contributed by atoms with E-state index in [1.807, 2.05) is 72.9 Å². The number of nitrogens with zero attached hydrogens (tertiary/aromatic N) is 6. The SMILES string of the molecule is [2H]c1c([2H])c([2H])c(-c2cccc(-c3c([2H])c([2H])c([2H])c([2H])c3[2H])c2-[n+]2[c-]n(-c3[c-]c(Oc4[c-]c5c6c(c4)N(c4ccccc4)c4cccc7c4B6c4c(cccc4N7c4ccccc4)N5c4cc(C(C)(C)C)ccn4)ccc3)c3ccccc32)c([2H])c1[2H].[Pt]. The summed E-state index contributed by atoms with van der Waals surface area (Å²) < 4.78 is 98.8.